The Hall–Kier alpha value is -1.79. The van der Waals surface area contributed by atoms with Crippen LogP contribution in [0.25, 0.3) is 0 Å². The van der Waals surface area contributed by atoms with E-state index in [0.717, 1.165) is 52.1 Å². The van der Waals surface area contributed by atoms with Crippen molar-refractivity contribution in [3.05, 3.63) is 23.8 Å². The second-order valence-electron chi connectivity index (χ2n) is 6.15. The Kier molecular flexibility index (Phi) is 5.03. The summed E-state index contributed by atoms with van der Waals surface area (Å²) in [5.41, 5.74) is 0.677. The molecule has 1 aromatic carbocycles. The number of hydrogen-bond acceptors (Lipinski definition) is 5. The standard InChI is InChI=1S/C17H25N3O3/c1-23-13-4-5-14(15(21)12-13)16(19-8-2-3-9-19)17(22)20-10-6-18-7-11-20/h4-5,12,16,18,21H,2-3,6-11H2,1H3. The number of methoxy groups -OCH3 is 1. The van der Waals surface area contributed by atoms with Crippen LogP contribution in [-0.2, 0) is 4.79 Å². The van der Waals surface area contributed by atoms with Crippen molar-refractivity contribution in [2.45, 2.75) is 18.9 Å². The number of rotatable bonds is 4. The van der Waals surface area contributed by atoms with Gasteiger partial charge in [0.2, 0.25) is 5.91 Å². The summed E-state index contributed by atoms with van der Waals surface area (Å²) < 4.78 is 5.15. The van der Waals surface area contributed by atoms with Crippen LogP contribution in [0.5, 0.6) is 11.5 Å². The van der Waals surface area contributed by atoms with Gasteiger partial charge in [0.1, 0.15) is 17.5 Å². The van der Waals surface area contributed by atoms with Gasteiger partial charge in [0, 0.05) is 37.8 Å². The molecule has 2 heterocycles. The first-order chi connectivity index (χ1) is 11.2. The predicted molar refractivity (Wildman–Crippen MR) is 87.7 cm³/mol. The van der Waals surface area contributed by atoms with Crippen LogP contribution in [0.15, 0.2) is 18.2 Å². The van der Waals surface area contributed by atoms with Gasteiger partial charge in [-0.2, -0.15) is 0 Å². The number of nitrogens with one attached hydrogen (secondary N) is 1. The van der Waals surface area contributed by atoms with Gasteiger partial charge in [-0.25, -0.2) is 0 Å². The molecule has 6 heteroatoms. The quantitative estimate of drug-likeness (QED) is 0.866. The first-order valence-electron chi connectivity index (χ1n) is 8.31. The van der Waals surface area contributed by atoms with E-state index in [4.69, 9.17) is 4.74 Å². The summed E-state index contributed by atoms with van der Waals surface area (Å²) in [4.78, 5) is 17.2. The number of hydrogen-bond donors (Lipinski definition) is 2. The second kappa shape index (κ2) is 7.19. The molecule has 0 radical (unpaired) electrons. The summed E-state index contributed by atoms with van der Waals surface area (Å²) in [7, 11) is 1.57. The summed E-state index contributed by atoms with van der Waals surface area (Å²) in [5, 5.41) is 13.7. The molecule has 2 aliphatic heterocycles. The van der Waals surface area contributed by atoms with Crippen molar-refractivity contribution >= 4 is 5.91 Å². The molecule has 3 rings (SSSR count). The second-order valence-corrected chi connectivity index (χ2v) is 6.15. The number of piperazine rings is 1. The van der Waals surface area contributed by atoms with Gasteiger partial charge < -0.3 is 20.1 Å². The van der Waals surface area contributed by atoms with Crippen molar-refractivity contribution in [2.24, 2.45) is 0 Å². The highest BCUT2D eigenvalue weighted by molar-refractivity contribution is 5.84. The fourth-order valence-electron chi connectivity index (χ4n) is 3.43. The molecule has 1 atom stereocenters. The molecule has 2 fully saturated rings. The van der Waals surface area contributed by atoms with Crippen molar-refractivity contribution in [2.75, 3.05) is 46.4 Å². The van der Waals surface area contributed by atoms with Gasteiger partial charge in [-0.15, -0.1) is 0 Å². The van der Waals surface area contributed by atoms with Gasteiger partial charge in [-0.3, -0.25) is 9.69 Å². The van der Waals surface area contributed by atoms with Gasteiger partial charge in [0.05, 0.1) is 7.11 Å². The third-order valence-corrected chi connectivity index (χ3v) is 4.70. The average Bonchev–Trinajstić information content (AvgIpc) is 3.11. The SMILES string of the molecule is COc1ccc(C(C(=O)N2CCNCC2)N2CCCC2)c(O)c1. The molecule has 1 unspecified atom stereocenters. The fraction of sp³-hybridized carbons (Fsp3) is 0.588. The van der Waals surface area contributed by atoms with E-state index in [9.17, 15) is 9.90 Å². The van der Waals surface area contributed by atoms with Crippen molar-refractivity contribution in [1.82, 2.24) is 15.1 Å². The number of likely N-dealkylation sites (tertiary alicyclic amines) is 1. The molecular weight excluding hydrogens is 294 g/mol. The topological polar surface area (TPSA) is 65.0 Å². The number of amides is 1. The number of benzene rings is 1. The Balaban J connectivity index is 1.90. The summed E-state index contributed by atoms with van der Waals surface area (Å²) in [5.74, 6) is 0.819. The highest BCUT2D eigenvalue weighted by Gasteiger charge is 2.34. The highest BCUT2D eigenvalue weighted by atomic mass is 16.5. The lowest BCUT2D eigenvalue weighted by Crippen LogP contribution is -2.50. The number of carbonyl (C=O) groups is 1. The number of nitrogens with zero attached hydrogens (tertiary/aromatic N) is 2. The monoisotopic (exact) mass is 319 g/mol. The van der Waals surface area contributed by atoms with Crippen molar-refractivity contribution in [1.29, 1.82) is 0 Å². The van der Waals surface area contributed by atoms with Gasteiger partial charge >= 0.3 is 0 Å². The molecule has 0 saturated carbocycles. The van der Waals surface area contributed by atoms with E-state index in [2.05, 4.69) is 10.2 Å². The lowest BCUT2D eigenvalue weighted by atomic mass is 10.0. The first-order valence-corrected chi connectivity index (χ1v) is 8.31. The first kappa shape index (κ1) is 16.1. The highest BCUT2D eigenvalue weighted by Crippen LogP contribution is 2.35. The minimum absolute atomic E-state index is 0.0915. The van der Waals surface area contributed by atoms with E-state index in [1.807, 2.05) is 17.0 Å². The van der Waals surface area contributed by atoms with Crippen molar-refractivity contribution < 1.29 is 14.6 Å². The van der Waals surface area contributed by atoms with E-state index in [0.29, 0.717) is 11.3 Å². The number of ether oxygens (including phenoxy) is 1. The fourth-order valence-corrected chi connectivity index (χ4v) is 3.43. The zero-order valence-electron chi connectivity index (χ0n) is 13.6. The summed E-state index contributed by atoms with van der Waals surface area (Å²) in [6.45, 7) is 4.89. The number of phenolic OH excluding ortho intramolecular Hbond substituents is 1. The van der Waals surface area contributed by atoms with Crippen LogP contribution in [0, 0.1) is 0 Å². The molecule has 2 N–H and O–H groups in total. The maximum absolute atomic E-state index is 13.1. The molecule has 0 aliphatic carbocycles. The van der Waals surface area contributed by atoms with Crippen LogP contribution in [0.1, 0.15) is 24.4 Å². The largest absolute Gasteiger partial charge is 0.507 e. The third kappa shape index (κ3) is 3.43. The molecule has 6 nitrogen and oxygen atoms in total. The molecular formula is C17H25N3O3. The van der Waals surface area contributed by atoms with E-state index in [-0.39, 0.29) is 11.7 Å². The lowest BCUT2D eigenvalue weighted by Gasteiger charge is -2.35. The van der Waals surface area contributed by atoms with E-state index in [1.165, 1.54) is 0 Å². The molecule has 23 heavy (non-hydrogen) atoms. The van der Waals surface area contributed by atoms with Crippen LogP contribution in [0.3, 0.4) is 0 Å². The van der Waals surface area contributed by atoms with E-state index >= 15 is 0 Å². The maximum Gasteiger partial charge on any atom is 0.244 e. The minimum Gasteiger partial charge on any atom is -0.507 e. The zero-order chi connectivity index (χ0) is 16.2. The zero-order valence-corrected chi connectivity index (χ0v) is 13.6. The Labute approximate surface area is 137 Å². The van der Waals surface area contributed by atoms with E-state index in [1.54, 1.807) is 13.2 Å². The van der Waals surface area contributed by atoms with Gasteiger partial charge in [0.25, 0.3) is 0 Å². The molecule has 1 amide bonds. The summed E-state index contributed by atoms with van der Waals surface area (Å²) in [6, 6.07) is 4.81. The van der Waals surface area contributed by atoms with Crippen LogP contribution < -0.4 is 10.1 Å². The van der Waals surface area contributed by atoms with Crippen molar-refractivity contribution in [3.8, 4) is 11.5 Å². The molecule has 126 valence electrons. The normalized spacial score (nSPS) is 20.5. The van der Waals surface area contributed by atoms with Crippen LogP contribution in [0.4, 0.5) is 0 Å². The minimum atomic E-state index is -0.401. The van der Waals surface area contributed by atoms with Crippen LogP contribution in [-0.4, -0.2) is 67.2 Å². The summed E-state index contributed by atoms with van der Waals surface area (Å²) >= 11 is 0. The predicted octanol–water partition coefficient (Wildman–Crippen LogP) is 0.969. The van der Waals surface area contributed by atoms with E-state index < -0.39 is 6.04 Å². The van der Waals surface area contributed by atoms with Crippen LogP contribution >= 0.6 is 0 Å². The Morgan fingerprint density at radius 3 is 2.52 bits per heavy atom. The lowest BCUT2D eigenvalue weighted by molar-refractivity contribution is -0.137. The molecule has 0 aromatic heterocycles. The molecule has 2 aliphatic rings. The summed E-state index contributed by atoms with van der Waals surface area (Å²) in [6.07, 6.45) is 2.20. The van der Waals surface area contributed by atoms with Gasteiger partial charge in [-0.05, 0) is 38.1 Å². The number of carbonyl (C=O) groups excluding carboxylic acids is 1. The Morgan fingerprint density at radius 1 is 1.22 bits per heavy atom. The van der Waals surface area contributed by atoms with Crippen LogP contribution in [0.2, 0.25) is 0 Å². The maximum atomic E-state index is 13.1. The average molecular weight is 319 g/mol. The number of aromatic hydroxyl groups is 1. The molecule has 2 saturated heterocycles. The van der Waals surface area contributed by atoms with Gasteiger partial charge in [-0.1, -0.05) is 0 Å². The molecule has 0 spiro atoms. The number of phenols is 1. The molecule has 1 aromatic rings. The smallest absolute Gasteiger partial charge is 0.244 e. The molecule has 0 bridgehead atoms. The Bertz CT molecular complexity index is 552. The van der Waals surface area contributed by atoms with Crippen molar-refractivity contribution in [3.63, 3.8) is 0 Å². The van der Waals surface area contributed by atoms with Gasteiger partial charge in [0.15, 0.2) is 0 Å². The third-order valence-electron chi connectivity index (χ3n) is 4.70. The Morgan fingerprint density at radius 2 is 1.91 bits per heavy atom.